The highest BCUT2D eigenvalue weighted by Crippen LogP contribution is 2.26. The number of carbonyl (C=O) groups is 2. The Bertz CT molecular complexity index is 919. The van der Waals surface area contributed by atoms with E-state index >= 15 is 0 Å². The fourth-order valence-corrected chi connectivity index (χ4v) is 2.69. The number of nitro benzene ring substituents is 1. The van der Waals surface area contributed by atoms with Gasteiger partial charge in [-0.1, -0.05) is 6.07 Å². The van der Waals surface area contributed by atoms with Gasteiger partial charge in [0.15, 0.2) is 6.10 Å². The van der Waals surface area contributed by atoms with Gasteiger partial charge in [0.05, 0.1) is 12.0 Å². The van der Waals surface area contributed by atoms with Gasteiger partial charge in [-0.25, -0.2) is 4.79 Å². The quantitative estimate of drug-likeness (QED) is 0.330. The molecule has 0 saturated carbocycles. The number of Topliss-reactive ketones (excluding diaryl/α,β-unsaturated/α-hetero) is 1. The van der Waals surface area contributed by atoms with Crippen molar-refractivity contribution in [3.63, 3.8) is 0 Å². The summed E-state index contributed by atoms with van der Waals surface area (Å²) >= 11 is 0. The maximum absolute atomic E-state index is 12.7. The van der Waals surface area contributed by atoms with Crippen LogP contribution >= 0.6 is 0 Å². The molecule has 0 fully saturated rings. The molecule has 7 heteroatoms. The zero-order chi connectivity index (χ0) is 20.3. The van der Waals surface area contributed by atoms with E-state index in [1.54, 1.807) is 6.07 Å². The number of nitrogens with zero attached hydrogens (tertiary/aromatic N) is 1. The Morgan fingerprint density at radius 2 is 1.63 bits per heavy atom. The topological polar surface area (TPSA) is 95.7 Å². The third-order valence-electron chi connectivity index (χ3n) is 4.37. The van der Waals surface area contributed by atoms with Crippen molar-refractivity contribution in [2.45, 2.75) is 33.8 Å². The molecule has 0 N–H and O–H groups in total. The molecule has 7 nitrogen and oxygen atoms in total. The zero-order valence-electron chi connectivity index (χ0n) is 15.9. The van der Waals surface area contributed by atoms with Crippen molar-refractivity contribution in [3.05, 3.63) is 68.3 Å². The van der Waals surface area contributed by atoms with Gasteiger partial charge < -0.3 is 9.47 Å². The molecule has 0 aliphatic carbocycles. The van der Waals surface area contributed by atoms with Crippen LogP contribution in [0, 0.1) is 30.9 Å². The van der Waals surface area contributed by atoms with E-state index in [0.717, 1.165) is 22.8 Å². The van der Waals surface area contributed by atoms with Crippen LogP contribution in [0.3, 0.4) is 0 Å². The number of ether oxygens (including phenoxy) is 2. The van der Waals surface area contributed by atoms with Gasteiger partial charge in [-0.15, -0.1) is 0 Å². The fraction of sp³-hybridized carbons (Fsp3) is 0.300. The lowest BCUT2D eigenvalue weighted by molar-refractivity contribution is -0.384. The Morgan fingerprint density at radius 3 is 2.22 bits per heavy atom. The van der Waals surface area contributed by atoms with Gasteiger partial charge in [-0.3, -0.25) is 14.9 Å². The van der Waals surface area contributed by atoms with E-state index in [1.165, 1.54) is 26.2 Å². The number of hydrogen-bond donors (Lipinski definition) is 0. The van der Waals surface area contributed by atoms with Gasteiger partial charge in [0.1, 0.15) is 11.3 Å². The number of benzene rings is 2. The molecule has 0 spiro atoms. The molecule has 0 aromatic heterocycles. The number of non-ortho nitro benzene ring substituents is 1. The number of rotatable bonds is 6. The summed E-state index contributed by atoms with van der Waals surface area (Å²) in [7, 11) is 1.34. The number of ketones is 1. The Morgan fingerprint density at radius 1 is 1.00 bits per heavy atom. The molecule has 0 saturated heterocycles. The zero-order valence-corrected chi connectivity index (χ0v) is 15.9. The molecule has 0 aliphatic heterocycles. The first kappa shape index (κ1) is 20.1. The van der Waals surface area contributed by atoms with Crippen LogP contribution < -0.4 is 4.74 Å². The van der Waals surface area contributed by atoms with Crippen molar-refractivity contribution >= 4 is 17.4 Å². The third kappa shape index (κ3) is 4.31. The minimum Gasteiger partial charge on any atom is -0.496 e. The van der Waals surface area contributed by atoms with Crippen molar-refractivity contribution in [1.29, 1.82) is 0 Å². The number of nitro groups is 1. The van der Waals surface area contributed by atoms with E-state index < -0.39 is 17.0 Å². The first-order valence-corrected chi connectivity index (χ1v) is 8.31. The van der Waals surface area contributed by atoms with Gasteiger partial charge in [0.2, 0.25) is 5.78 Å². The van der Waals surface area contributed by atoms with Gasteiger partial charge in [0, 0.05) is 17.7 Å². The molecule has 0 radical (unpaired) electrons. The van der Waals surface area contributed by atoms with E-state index in [4.69, 9.17) is 9.47 Å². The van der Waals surface area contributed by atoms with Crippen molar-refractivity contribution < 1.29 is 24.0 Å². The summed E-state index contributed by atoms with van der Waals surface area (Å²) in [5, 5.41) is 10.9. The second-order valence-corrected chi connectivity index (χ2v) is 6.30. The summed E-state index contributed by atoms with van der Waals surface area (Å²) in [5.41, 5.74) is 2.91. The van der Waals surface area contributed by atoms with Crippen LogP contribution in [0.2, 0.25) is 0 Å². The summed E-state index contributed by atoms with van der Waals surface area (Å²) < 4.78 is 10.3. The third-order valence-corrected chi connectivity index (χ3v) is 4.37. The summed E-state index contributed by atoms with van der Waals surface area (Å²) in [4.78, 5) is 35.5. The minimum absolute atomic E-state index is 0.108. The number of aryl methyl sites for hydroxylation is 3. The molecule has 2 rings (SSSR count). The van der Waals surface area contributed by atoms with E-state index in [2.05, 4.69) is 0 Å². The lowest BCUT2D eigenvalue weighted by atomic mass is 9.96. The van der Waals surface area contributed by atoms with E-state index in [0.29, 0.717) is 5.56 Å². The Hall–Kier alpha value is -3.22. The molecule has 0 heterocycles. The summed E-state index contributed by atoms with van der Waals surface area (Å²) in [6, 6.07) is 7.28. The smallest absolute Gasteiger partial charge is 0.342 e. The van der Waals surface area contributed by atoms with E-state index in [-0.39, 0.29) is 22.8 Å². The molecule has 0 amide bonds. The molecule has 2 aromatic carbocycles. The van der Waals surface area contributed by atoms with Crippen molar-refractivity contribution in [2.24, 2.45) is 0 Å². The van der Waals surface area contributed by atoms with Gasteiger partial charge in [0.25, 0.3) is 5.69 Å². The van der Waals surface area contributed by atoms with Crippen LogP contribution in [-0.4, -0.2) is 29.9 Å². The van der Waals surface area contributed by atoms with Crippen LogP contribution in [0.15, 0.2) is 30.3 Å². The average Bonchev–Trinajstić information content (AvgIpc) is 2.63. The standard InChI is InChI=1S/C20H21NO6/c1-11-8-13(3)16(9-12(11)2)19(22)14(4)27-20(23)17-10-15(21(24)25)6-7-18(17)26-5/h6-10,14H,1-5H3/t14-/m0/s1. The predicted octanol–water partition coefficient (Wildman–Crippen LogP) is 3.96. The number of hydrogen-bond acceptors (Lipinski definition) is 6. The van der Waals surface area contributed by atoms with Gasteiger partial charge >= 0.3 is 5.97 Å². The first-order valence-electron chi connectivity index (χ1n) is 8.31. The molecular weight excluding hydrogens is 350 g/mol. The highest BCUT2D eigenvalue weighted by atomic mass is 16.6. The SMILES string of the molecule is COc1ccc([N+](=O)[O-])cc1C(=O)O[C@@H](C)C(=O)c1cc(C)c(C)cc1C. The second-order valence-electron chi connectivity index (χ2n) is 6.30. The van der Waals surface area contributed by atoms with E-state index in [1.807, 2.05) is 26.8 Å². The van der Waals surface area contributed by atoms with Gasteiger partial charge in [-0.2, -0.15) is 0 Å². The minimum atomic E-state index is -1.05. The van der Waals surface area contributed by atoms with Gasteiger partial charge in [-0.05, 0) is 56.5 Å². The van der Waals surface area contributed by atoms with Crippen LogP contribution in [0.4, 0.5) is 5.69 Å². The molecule has 1 atom stereocenters. The maximum Gasteiger partial charge on any atom is 0.342 e. The number of carbonyl (C=O) groups excluding carboxylic acids is 2. The lowest BCUT2D eigenvalue weighted by Gasteiger charge is -2.16. The monoisotopic (exact) mass is 371 g/mol. The molecule has 0 aliphatic rings. The van der Waals surface area contributed by atoms with Crippen molar-refractivity contribution in [3.8, 4) is 5.75 Å². The van der Waals surface area contributed by atoms with Crippen LogP contribution in [0.25, 0.3) is 0 Å². The Kier molecular flexibility index (Phi) is 5.95. The van der Waals surface area contributed by atoms with Crippen molar-refractivity contribution in [1.82, 2.24) is 0 Å². The van der Waals surface area contributed by atoms with Crippen LogP contribution in [-0.2, 0) is 4.74 Å². The molecule has 0 bridgehead atoms. The Balaban J connectivity index is 2.28. The summed E-state index contributed by atoms with van der Waals surface area (Å²) in [5.74, 6) is -1.07. The Labute approximate surface area is 157 Å². The second kappa shape index (κ2) is 7.99. The molecule has 27 heavy (non-hydrogen) atoms. The molecular formula is C20H21NO6. The number of esters is 1. The molecule has 2 aromatic rings. The lowest BCUT2D eigenvalue weighted by Crippen LogP contribution is -2.25. The fourth-order valence-electron chi connectivity index (χ4n) is 2.69. The van der Waals surface area contributed by atoms with Crippen LogP contribution in [0.5, 0.6) is 5.75 Å². The summed E-state index contributed by atoms with van der Waals surface area (Å²) in [6.07, 6.45) is -1.05. The maximum atomic E-state index is 12.7. The highest BCUT2D eigenvalue weighted by Gasteiger charge is 2.25. The van der Waals surface area contributed by atoms with Crippen molar-refractivity contribution in [2.75, 3.05) is 7.11 Å². The molecule has 142 valence electrons. The van der Waals surface area contributed by atoms with E-state index in [9.17, 15) is 19.7 Å². The highest BCUT2D eigenvalue weighted by molar-refractivity contribution is 6.03. The number of methoxy groups -OCH3 is 1. The first-order chi connectivity index (χ1) is 12.6. The molecule has 0 unspecified atom stereocenters. The summed E-state index contributed by atoms with van der Waals surface area (Å²) in [6.45, 7) is 7.14. The predicted molar refractivity (Wildman–Crippen MR) is 99.5 cm³/mol. The average molecular weight is 371 g/mol. The normalized spacial score (nSPS) is 11.6. The van der Waals surface area contributed by atoms with Crippen LogP contribution in [0.1, 0.15) is 44.3 Å². The largest absolute Gasteiger partial charge is 0.496 e.